The number of methoxy groups -OCH3 is 1. The van der Waals surface area contributed by atoms with E-state index < -0.39 is 18.2 Å². The standard InChI is InChI=1S/C7H12O4/c1-4-5(8)3-6(11-4)7(9)10-2/h4-6,8H,3H2,1-2H3/t4-,5+,6-/m1/s1. The molecule has 1 saturated heterocycles. The Balaban J connectivity index is 2.46. The molecule has 0 aromatic rings. The summed E-state index contributed by atoms with van der Waals surface area (Å²) in [6, 6.07) is 0. The molecule has 1 aliphatic heterocycles. The van der Waals surface area contributed by atoms with Crippen LogP contribution in [0.25, 0.3) is 0 Å². The fraction of sp³-hybridized carbons (Fsp3) is 0.857. The van der Waals surface area contributed by atoms with E-state index >= 15 is 0 Å². The highest BCUT2D eigenvalue weighted by atomic mass is 16.6. The molecule has 0 spiro atoms. The van der Waals surface area contributed by atoms with Crippen molar-refractivity contribution in [2.24, 2.45) is 0 Å². The van der Waals surface area contributed by atoms with Gasteiger partial charge in [0.2, 0.25) is 0 Å². The number of aliphatic hydroxyl groups is 1. The summed E-state index contributed by atoms with van der Waals surface area (Å²) in [7, 11) is 1.31. The largest absolute Gasteiger partial charge is 0.467 e. The first kappa shape index (κ1) is 8.49. The summed E-state index contributed by atoms with van der Waals surface area (Å²) in [4.78, 5) is 10.8. The molecular weight excluding hydrogens is 148 g/mol. The Hall–Kier alpha value is -0.610. The maximum atomic E-state index is 10.8. The van der Waals surface area contributed by atoms with E-state index in [0.717, 1.165) is 0 Å². The molecule has 3 atom stereocenters. The van der Waals surface area contributed by atoms with Gasteiger partial charge in [0, 0.05) is 6.42 Å². The van der Waals surface area contributed by atoms with Gasteiger partial charge in [0.15, 0.2) is 6.10 Å². The van der Waals surface area contributed by atoms with Crippen LogP contribution in [0.15, 0.2) is 0 Å². The average Bonchev–Trinajstić information content (AvgIpc) is 2.31. The Morgan fingerprint density at radius 3 is 2.73 bits per heavy atom. The van der Waals surface area contributed by atoms with Crippen molar-refractivity contribution < 1.29 is 19.4 Å². The smallest absolute Gasteiger partial charge is 0.335 e. The molecule has 1 aliphatic rings. The number of hydrogen-bond donors (Lipinski definition) is 1. The Morgan fingerprint density at radius 2 is 2.36 bits per heavy atom. The number of hydrogen-bond acceptors (Lipinski definition) is 4. The molecule has 0 aromatic carbocycles. The van der Waals surface area contributed by atoms with Crippen molar-refractivity contribution in [1.29, 1.82) is 0 Å². The van der Waals surface area contributed by atoms with Gasteiger partial charge in [-0.15, -0.1) is 0 Å². The zero-order chi connectivity index (χ0) is 8.43. The first-order valence-corrected chi connectivity index (χ1v) is 3.56. The summed E-state index contributed by atoms with van der Waals surface area (Å²) in [5, 5.41) is 9.18. The number of carbonyl (C=O) groups excluding carboxylic acids is 1. The Labute approximate surface area is 65.1 Å². The maximum absolute atomic E-state index is 10.8. The fourth-order valence-corrected chi connectivity index (χ4v) is 1.10. The van der Waals surface area contributed by atoms with Gasteiger partial charge < -0.3 is 14.6 Å². The lowest BCUT2D eigenvalue weighted by atomic mass is 10.1. The van der Waals surface area contributed by atoms with E-state index in [-0.39, 0.29) is 6.10 Å². The van der Waals surface area contributed by atoms with Crippen molar-refractivity contribution in [3.63, 3.8) is 0 Å². The quantitative estimate of drug-likeness (QED) is 0.535. The van der Waals surface area contributed by atoms with Gasteiger partial charge in [-0.05, 0) is 6.92 Å². The average molecular weight is 160 g/mol. The minimum Gasteiger partial charge on any atom is -0.467 e. The van der Waals surface area contributed by atoms with Crippen LogP contribution in [-0.4, -0.2) is 36.5 Å². The van der Waals surface area contributed by atoms with Gasteiger partial charge in [-0.1, -0.05) is 0 Å². The topological polar surface area (TPSA) is 55.8 Å². The lowest BCUT2D eigenvalue weighted by Crippen LogP contribution is -2.21. The molecule has 0 aromatic heterocycles. The van der Waals surface area contributed by atoms with Gasteiger partial charge in [0.25, 0.3) is 0 Å². The predicted molar refractivity (Wildman–Crippen MR) is 37.0 cm³/mol. The first-order chi connectivity index (χ1) is 5.15. The second-order valence-corrected chi connectivity index (χ2v) is 2.66. The van der Waals surface area contributed by atoms with E-state index in [1.54, 1.807) is 6.92 Å². The summed E-state index contributed by atoms with van der Waals surface area (Å²) in [5.74, 6) is -0.409. The van der Waals surface area contributed by atoms with Crippen LogP contribution in [0.3, 0.4) is 0 Å². The van der Waals surface area contributed by atoms with E-state index in [2.05, 4.69) is 4.74 Å². The van der Waals surface area contributed by atoms with Gasteiger partial charge in [0.1, 0.15) is 0 Å². The van der Waals surface area contributed by atoms with Crippen molar-refractivity contribution in [3.8, 4) is 0 Å². The lowest BCUT2D eigenvalue weighted by molar-refractivity contribution is -0.152. The van der Waals surface area contributed by atoms with Crippen LogP contribution >= 0.6 is 0 Å². The summed E-state index contributed by atoms with van der Waals surface area (Å²) in [6.45, 7) is 1.73. The maximum Gasteiger partial charge on any atom is 0.335 e. The van der Waals surface area contributed by atoms with E-state index in [9.17, 15) is 9.90 Å². The third-order valence-electron chi connectivity index (χ3n) is 1.84. The summed E-state index contributed by atoms with van der Waals surface area (Å²) in [5.41, 5.74) is 0. The zero-order valence-electron chi connectivity index (χ0n) is 6.61. The van der Waals surface area contributed by atoms with E-state index in [4.69, 9.17) is 4.74 Å². The number of ether oxygens (including phenoxy) is 2. The van der Waals surface area contributed by atoms with Crippen LogP contribution in [0.5, 0.6) is 0 Å². The van der Waals surface area contributed by atoms with Crippen LogP contribution in [0.4, 0.5) is 0 Å². The normalized spacial score (nSPS) is 37.2. The van der Waals surface area contributed by atoms with Crippen molar-refractivity contribution in [2.45, 2.75) is 31.7 Å². The van der Waals surface area contributed by atoms with Crippen LogP contribution in [-0.2, 0) is 14.3 Å². The third-order valence-corrected chi connectivity index (χ3v) is 1.84. The minimum atomic E-state index is -0.579. The van der Waals surface area contributed by atoms with Gasteiger partial charge in [-0.25, -0.2) is 4.79 Å². The Morgan fingerprint density at radius 1 is 1.73 bits per heavy atom. The predicted octanol–water partition coefficient (Wildman–Crippen LogP) is -0.302. The van der Waals surface area contributed by atoms with Crippen LogP contribution < -0.4 is 0 Å². The van der Waals surface area contributed by atoms with Crippen LogP contribution in [0, 0.1) is 0 Å². The molecule has 4 heteroatoms. The lowest BCUT2D eigenvalue weighted by Gasteiger charge is -2.07. The molecule has 1 rings (SSSR count). The Bertz CT molecular complexity index is 147. The van der Waals surface area contributed by atoms with Gasteiger partial charge >= 0.3 is 5.97 Å². The van der Waals surface area contributed by atoms with E-state index in [0.29, 0.717) is 6.42 Å². The molecule has 1 heterocycles. The second-order valence-electron chi connectivity index (χ2n) is 2.66. The number of carbonyl (C=O) groups is 1. The van der Waals surface area contributed by atoms with Gasteiger partial charge in [-0.2, -0.15) is 0 Å². The van der Waals surface area contributed by atoms with Crippen molar-refractivity contribution in [1.82, 2.24) is 0 Å². The second kappa shape index (κ2) is 3.19. The molecule has 64 valence electrons. The molecule has 1 fully saturated rings. The Kier molecular flexibility index (Phi) is 2.46. The van der Waals surface area contributed by atoms with E-state index in [1.807, 2.05) is 0 Å². The molecule has 0 aliphatic carbocycles. The van der Waals surface area contributed by atoms with Crippen molar-refractivity contribution >= 4 is 5.97 Å². The molecule has 0 radical (unpaired) electrons. The highest BCUT2D eigenvalue weighted by Crippen LogP contribution is 2.20. The van der Waals surface area contributed by atoms with E-state index in [1.165, 1.54) is 7.11 Å². The van der Waals surface area contributed by atoms with Crippen LogP contribution in [0.2, 0.25) is 0 Å². The highest BCUT2D eigenvalue weighted by Gasteiger charge is 2.35. The third kappa shape index (κ3) is 1.70. The zero-order valence-corrected chi connectivity index (χ0v) is 6.61. The molecule has 0 unspecified atom stereocenters. The number of esters is 1. The minimum absolute atomic E-state index is 0.265. The first-order valence-electron chi connectivity index (χ1n) is 3.56. The summed E-state index contributed by atoms with van der Waals surface area (Å²) in [6.07, 6.45) is -1.04. The molecule has 0 bridgehead atoms. The summed E-state index contributed by atoms with van der Waals surface area (Å²) >= 11 is 0. The molecule has 0 amide bonds. The van der Waals surface area contributed by atoms with Gasteiger partial charge in [0.05, 0.1) is 19.3 Å². The SMILES string of the molecule is COC(=O)[C@H]1C[C@H](O)[C@@H](C)O1. The molecule has 11 heavy (non-hydrogen) atoms. The molecule has 1 N–H and O–H groups in total. The molecule has 4 nitrogen and oxygen atoms in total. The van der Waals surface area contributed by atoms with Crippen molar-refractivity contribution in [3.05, 3.63) is 0 Å². The van der Waals surface area contributed by atoms with Crippen molar-refractivity contribution in [2.75, 3.05) is 7.11 Å². The highest BCUT2D eigenvalue weighted by molar-refractivity contribution is 5.74. The fourth-order valence-electron chi connectivity index (χ4n) is 1.10. The monoisotopic (exact) mass is 160 g/mol. The summed E-state index contributed by atoms with van der Waals surface area (Å²) < 4.78 is 9.56. The van der Waals surface area contributed by atoms with Gasteiger partial charge in [-0.3, -0.25) is 0 Å². The number of aliphatic hydroxyl groups excluding tert-OH is 1. The number of rotatable bonds is 1. The molecule has 0 saturated carbocycles. The molecular formula is C7H12O4. The van der Waals surface area contributed by atoms with Crippen LogP contribution in [0.1, 0.15) is 13.3 Å².